The van der Waals surface area contributed by atoms with E-state index in [1.165, 1.54) is 4.88 Å². The molecule has 0 saturated heterocycles. The van der Waals surface area contributed by atoms with Gasteiger partial charge in [0.1, 0.15) is 6.54 Å². The summed E-state index contributed by atoms with van der Waals surface area (Å²) < 4.78 is 0. The molecule has 126 valence electrons. The van der Waals surface area contributed by atoms with Gasteiger partial charge in [-0.3, -0.25) is 4.79 Å². The molecule has 0 fully saturated rings. The summed E-state index contributed by atoms with van der Waals surface area (Å²) in [6.45, 7) is 10.6. The van der Waals surface area contributed by atoms with Crippen LogP contribution in [0.5, 0.6) is 0 Å². The summed E-state index contributed by atoms with van der Waals surface area (Å²) in [5, 5.41) is 11.3. The van der Waals surface area contributed by atoms with E-state index in [0.29, 0.717) is 12.5 Å². The number of aliphatic imine (C=N–C) groups is 1. The maximum Gasteiger partial charge on any atom is 0.241 e. The second-order valence-electron chi connectivity index (χ2n) is 5.36. The molecule has 0 aromatic carbocycles. The molecule has 0 saturated carbocycles. The van der Waals surface area contributed by atoms with E-state index in [2.05, 4.69) is 52.3 Å². The predicted octanol–water partition coefficient (Wildman–Crippen LogP) is 2.33. The number of halogens is 1. The number of thiophene rings is 1. The minimum atomic E-state index is -0.0628. The van der Waals surface area contributed by atoms with Gasteiger partial charge in [-0.1, -0.05) is 19.9 Å². The Morgan fingerprint density at radius 1 is 1.23 bits per heavy atom. The molecule has 1 amide bonds. The molecule has 0 radical (unpaired) electrons. The first kappa shape index (κ1) is 21.2. The molecule has 1 aromatic heterocycles. The molecular weight excluding hydrogens is 411 g/mol. The summed E-state index contributed by atoms with van der Waals surface area (Å²) in [7, 11) is 0. The Morgan fingerprint density at radius 2 is 1.91 bits per heavy atom. The van der Waals surface area contributed by atoms with Crippen molar-refractivity contribution in [1.29, 1.82) is 0 Å². The third-order valence-electron chi connectivity index (χ3n) is 2.98. The zero-order valence-corrected chi connectivity index (χ0v) is 16.9. The van der Waals surface area contributed by atoms with Crippen molar-refractivity contribution >= 4 is 47.2 Å². The van der Waals surface area contributed by atoms with E-state index in [1.54, 1.807) is 11.3 Å². The fraction of sp³-hybridized carbons (Fsp3) is 0.600. The molecule has 0 atom stereocenters. The third-order valence-corrected chi connectivity index (χ3v) is 4.22. The number of guanidine groups is 1. The highest BCUT2D eigenvalue weighted by Crippen LogP contribution is 2.26. The van der Waals surface area contributed by atoms with Crippen molar-refractivity contribution in [3.63, 3.8) is 0 Å². The number of nitrogens with zero attached hydrogens (tertiary/aromatic N) is 1. The Balaban J connectivity index is 0.00000441. The molecule has 1 rings (SSSR count). The molecule has 22 heavy (non-hydrogen) atoms. The van der Waals surface area contributed by atoms with E-state index in [1.807, 2.05) is 13.8 Å². The molecule has 0 aliphatic carbocycles. The average molecular weight is 438 g/mol. The van der Waals surface area contributed by atoms with Crippen molar-refractivity contribution < 1.29 is 4.79 Å². The summed E-state index contributed by atoms with van der Waals surface area (Å²) >= 11 is 1.76. The van der Waals surface area contributed by atoms with E-state index in [0.717, 1.165) is 13.1 Å². The Morgan fingerprint density at radius 3 is 2.45 bits per heavy atom. The largest absolute Gasteiger partial charge is 0.357 e. The smallest absolute Gasteiger partial charge is 0.241 e. The van der Waals surface area contributed by atoms with Gasteiger partial charge in [-0.25, -0.2) is 4.99 Å². The van der Waals surface area contributed by atoms with Crippen molar-refractivity contribution in [1.82, 2.24) is 16.0 Å². The maximum absolute atomic E-state index is 11.5. The van der Waals surface area contributed by atoms with Crippen LogP contribution < -0.4 is 16.0 Å². The molecule has 3 N–H and O–H groups in total. The molecule has 7 heteroatoms. The van der Waals surface area contributed by atoms with Gasteiger partial charge < -0.3 is 16.0 Å². The van der Waals surface area contributed by atoms with Crippen LogP contribution in [0.15, 0.2) is 22.5 Å². The van der Waals surface area contributed by atoms with Gasteiger partial charge >= 0.3 is 0 Å². The minimum absolute atomic E-state index is 0. The van der Waals surface area contributed by atoms with Crippen LogP contribution in [0.1, 0.15) is 32.6 Å². The Kier molecular flexibility index (Phi) is 10.4. The summed E-state index contributed by atoms with van der Waals surface area (Å²) in [5.41, 5.74) is 0.0238. The van der Waals surface area contributed by atoms with Gasteiger partial charge in [0.2, 0.25) is 5.91 Å². The number of nitrogens with one attached hydrogen (secondary N) is 3. The van der Waals surface area contributed by atoms with Gasteiger partial charge in [0, 0.05) is 29.9 Å². The first-order chi connectivity index (χ1) is 9.99. The van der Waals surface area contributed by atoms with Gasteiger partial charge in [0.05, 0.1) is 0 Å². The van der Waals surface area contributed by atoms with E-state index in [-0.39, 0.29) is 41.8 Å². The standard InChI is InChI=1S/C15H26N4OS.HI/c1-5-16-13(20)10-18-14(17-6-2)19-11-15(3,4)12-8-7-9-21-12;/h7-9H,5-6,10-11H2,1-4H3,(H,16,20)(H2,17,18,19);1H. The Hall–Kier alpha value is -0.830. The maximum atomic E-state index is 11.5. The lowest BCUT2D eigenvalue weighted by Gasteiger charge is -2.25. The summed E-state index contributed by atoms with van der Waals surface area (Å²) in [4.78, 5) is 17.1. The summed E-state index contributed by atoms with van der Waals surface area (Å²) in [6, 6.07) is 4.21. The van der Waals surface area contributed by atoms with Gasteiger partial charge in [-0.15, -0.1) is 35.3 Å². The van der Waals surface area contributed by atoms with E-state index >= 15 is 0 Å². The van der Waals surface area contributed by atoms with Crippen LogP contribution >= 0.6 is 35.3 Å². The molecule has 0 aliphatic heterocycles. The lowest BCUT2D eigenvalue weighted by atomic mass is 9.91. The first-order valence-corrected chi connectivity index (χ1v) is 8.20. The number of carbonyl (C=O) groups excluding carboxylic acids is 1. The zero-order chi connectivity index (χ0) is 15.7. The van der Waals surface area contributed by atoms with Crippen LogP contribution in [0.25, 0.3) is 0 Å². The van der Waals surface area contributed by atoms with Gasteiger partial charge in [-0.2, -0.15) is 0 Å². The van der Waals surface area contributed by atoms with Crippen LogP contribution in [0.4, 0.5) is 0 Å². The number of carbonyl (C=O) groups is 1. The SMILES string of the molecule is CCNC(=O)CN=C(NCC)NCC(C)(C)c1cccs1.I. The normalized spacial score (nSPS) is 11.5. The minimum Gasteiger partial charge on any atom is -0.357 e. The van der Waals surface area contributed by atoms with Gasteiger partial charge in [0.15, 0.2) is 5.96 Å². The quantitative estimate of drug-likeness (QED) is 0.348. The van der Waals surface area contributed by atoms with Crippen LogP contribution in [-0.4, -0.2) is 38.0 Å². The zero-order valence-electron chi connectivity index (χ0n) is 13.7. The van der Waals surface area contributed by atoms with Crippen LogP contribution in [0.3, 0.4) is 0 Å². The van der Waals surface area contributed by atoms with Crippen LogP contribution in [-0.2, 0) is 10.2 Å². The molecule has 0 unspecified atom stereocenters. The topological polar surface area (TPSA) is 65.5 Å². The summed E-state index contributed by atoms with van der Waals surface area (Å²) in [6.07, 6.45) is 0. The molecule has 0 bridgehead atoms. The molecule has 0 spiro atoms. The van der Waals surface area contributed by atoms with Gasteiger partial charge in [-0.05, 0) is 25.3 Å². The molecule has 5 nitrogen and oxygen atoms in total. The fourth-order valence-electron chi connectivity index (χ4n) is 1.80. The summed E-state index contributed by atoms with van der Waals surface area (Å²) in [5.74, 6) is 0.612. The number of hydrogen-bond acceptors (Lipinski definition) is 3. The van der Waals surface area contributed by atoms with E-state index < -0.39 is 0 Å². The average Bonchev–Trinajstić information content (AvgIpc) is 2.97. The van der Waals surface area contributed by atoms with Crippen molar-refractivity contribution in [2.45, 2.75) is 33.1 Å². The lowest BCUT2D eigenvalue weighted by molar-refractivity contribution is -0.119. The Bertz CT molecular complexity index is 460. The molecular formula is C15H27IN4OS. The van der Waals surface area contributed by atoms with E-state index in [4.69, 9.17) is 0 Å². The number of hydrogen-bond donors (Lipinski definition) is 3. The second kappa shape index (κ2) is 10.8. The van der Waals surface area contributed by atoms with Crippen molar-refractivity contribution in [3.8, 4) is 0 Å². The first-order valence-electron chi connectivity index (χ1n) is 7.32. The van der Waals surface area contributed by atoms with Crippen LogP contribution in [0, 0.1) is 0 Å². The van der Waals surface area contributed by atoms with Crippen molar-refractivity contribution in [2.24, 2.45) is 4.99 Å². The van der Waals surface area contributed by atoms with Crippen molar-refractivity contribution in [3.05, 3.63) is 22.4 Å². The number of rotatable bonds is 7. The monoisotopic (exact) mass is 438 g/mol. The Labute approximate surface area is 154 Å². The third kappa shape index (κ3) is 7.44. The van der Waals surface area contributed by atoms with Gasteiger partial charge in [0.25, 0.3) is 0 Å². The molecule has 1 heterocycles. The molecule has 0 aliphatic rings. The molecule has 1 aromatic rings. The van der Waals surface area contributed by atoms with E-state index in [9.17, 15) is 4.79 Å². The van der Waals surface area contributed by atoms with Crippen LogP contribution in [0.2, 0.25) is 0 Å². The number of amides is 1. The number of likely N-dealkylation sites (N-methyl/N-ethyl adjacent to an activating group) is 1. The van der Waals surface area contributed by atoms with Crippen molar-refractivity contribution in [2.75, 3.05) is 26.2 Å². The lowest BCUT2D eigenvalue weighted by Crippen LogP contribution is -2.43. The predicted molar refractivity (Wildman–Crippen MR) is 105 cm³/mol. The second-order valence-corrected chi connectivity index (χ2v) is 6.31. The highest BCUT2D eigenvalue weighted by Gasteiger charge is 2.21. The highest BCUT2D eigenvalue weighted by atomic mass is 127. The highest BCUT2D eigenvalue weighted by molar-refractivity contribution is 14.0. The fourth-order valence-corrected chi connectivity index (χ4v) is 2.65.